The fourth-order valence-corrected chi connectivity index (χ4v) is 4.03. The summed E-state index contributed by atoms with van der Waals surface area (Å²) in [4.78, 5) is 16.0. The summed E-state index contributed by atoms with van der Waals surface area (Å²) in [7, 11) is 0. The molecule has 0 spiro atoms. The highest BCUT2D eigenvalue weighted by Gasteiger charge is 2.31. The number of rotatable bonds is 3. The van der Waals surface area contributed by atoms with Gasteiger partial charge < -0.3 is 9.64 Å². The maximum absolute atomic E-state index is 5.42. The van der Waals surface area contributed by atoms with Crippen molar-refractivity contribution < 1.29 is 4.74 Å². The first-order valence-corrected chi connectivity index (χ1v) is 8.64. The standard InChI is InChI=1S/C15H19N5OS/c1-3-12(14-16-6-2-7-17-14)20(8-1)15-18-13(19-22-15)11-4-9-21-10-5-11/h2,6-7,11-12H,1,3-5,8-10H2. The Morgan fingerprint density at radius 3 is 2.73 bits per heavy atom. The molecule has 0 aromatic carbocycles. The first kappa shape index (κ1) is 14.0. The third-order valence-electron chi connectivity index (χ3n) is 4.40. The molecule has 0 saturated carbocycles. The molecule has 6 nitrogen and oxygen atoms in total. The molecule has 2 saturated heterocycles. The zero-order chi connectivity index (χ0) is 14.8. The molecule has 2 fully saturated rings. The van der Waals surface area contributed by atoms with Gasteiger partial charge in [-0.25, -0.2) is 15.0 Å². The first-order chi connectivity index (χ1) is 10.9. The normalized spacial score (nSPS) is 23.1. The molecule has 0 N–H and O–H groups in total. The van der Waals surface area contributed by atoms with Crippen molar-refractivity contribution in [1.29, 1.82) is 0 Å². The molecular weight excluding hydrogens is 298 g/mol. The van der Waals surface area contributed by atoms with Crippen LogP contribution in [0.2, 0.25) is 0 Å². The van der Waals surface area contributed by atoms with Crippen molar-refractivity contribution in [1.82, 2.24) is 19.3 Å². The van der Waals surface area contributed by atoms with E-state index in [2.05, 4.69) is 19.2 Å². The Balaban J connectivity index is 1.55. The van der Waals surface area contributed by atoms with E-state index in [9.17, 15) is 0 Å². The lowest BCUT2D eigenvalue weighted by molar-refractivity contribution is 0.0838. The molecule has 0 bridgehead atoms. The Morgan fingerprint density at radius 1 is 1.09 bits per heavy atom. The first-order valence-electron chi connectivity index (χ1n) is 7.87. The molecule has 2 aliphatic rings. The molecule has 7 heteroatoms. The van der Waals surface area contributed by atoms with Gasteiger partial charge in [-0.15, -0.1) is 0 Å². The van der Waals surface area contributed by atoms with Gasteiger partial charge in [0.15, 0.2) is 5.82 Å². The molecule has 0 radical (unpaired) electrons. The Hall–Kier alpha value is -1.60. The van der Waals surface area contributed by atoms with Gasteiger partial charge in [-0.3, -0.25) is 0 Å². The van der Waals surface area contributed by atoms with Crippen molar-refractivity contribution in [3.63, 3.8) is 0 Å². The minimum Gasteiger partial charge on any atom is -0.381 e. The molecular formula is C15H19N5OS. The Bertz CT molecular complexity index is 613. The summed E-state index contributed by atoms with van der Waals surface area (Å²) in [5.41, 5.74) is 0. The summed E-state index contributed by atoms with van der Waals surface area (Å²) < 4.78 is 10.0. The summed E-state index contributed by atoms with van der Waals surface area (Å²) >= 11 is 1.51. The Morgan fingerprint density at radius 2 is 1.91 bits per heavy atom. The second kappa shape index (κ2) is 6.26. The highest BCUT2D eigenvalue weighted by molar-refractivity contribution is 7.09. The van der Waals surface area contributed by atoms with Crippen LogP contribution in [0.4, 0.5) is 5.13 Å². The molecule has 4 rings (SSSR count). The van der Waals surface area contributed by atoms with E-state index in [-0.39, 0.29) is 6.04 Å². The van der Waals surface area contributed by atoms with Crippen molar-refractivity contribution >= 4 is 16.7 Å². The molecule has 2 aromatic heterocycles. The van der Waals surface area contributed by atoms with Crippen molar-refractivity contribution in [2.75, 3.05) is 24.7 Å². The average molecular weight is 317 g/mol. The lowest BCUT2D eigenvalue weighted by Crippen LogP contribution is -2.24. The summed E-state index contributed by atoms with van der Waals surface area (Å²) in [5, 5.41) is 1.01. The monoisotopic (exact) mass is 317 g/mol. The summed E-state index contributed by atoms with van der Waals surface area (Å²) in [6, 6.07) is 2.09. The molecule has 0 aliphatic carbocycles. The molecule has 22 heavy (non-hydrogen) atoms. The molecule has 2 aliphatic heterocycles. The molecule has 1 atom stereocenters. The minimum atomic E-state index is 0.233. The number of anilines is 1. The lowest BCUT2D eigenvalue weighted by Gasteiger charge is -2.22. The van der Waals surface area contributed by atoms with Crippen LogP contribution in [0.15, 0.2) is 18.5 Å². The Kier molecular flexibility index (Phi) is 3.99. The van der Waals surface area contributed by atoms with E-state index >= 15 is 0 Å². The fraction of sp³-hybridized carbons (Fsp3) is 0.600. The average Bonchev–Trinajstić information content (AvgIpc) is 3.25. The van der Waals surface area contributed by atoms with Crippen molar-refractivity contribution in [2.24, 2.45) is 0 Å². The van der Waals surface area contributed by atoms with Crippen LogP contribution in [0.3, 0.4) is 0 Å². The van der Waals surface area contributed by atoms with E-state index < -0.39 is 0 Å². The van der Waals surface area contributed by atoms with Crippen LogP contribution in [-0.4, -0.2) is 39.1 Å². The van der Waals surface area contributed by atoms with Crippen molar-refractivity contribution in [3.05, 3.63) is 30.1 Å². The van der Waals surface area contributed by atoms with Gasteiger partial charge in [-0.1, -0.05) is 0 Å². The highest BCUT2D eigenvalue weighted by Crippen LogP contribution is 2.36. The van der Waals surface area contributed by atoms with E-state index in [0.29, 0.717) is 5.92 Å². The zero-order valence-corrected chi connectivity index (χ0v) is 13.2. The van der Waals surface area contributed by atoms with Crippen LogP contribution >= 0.6 is 11.5 Å². The summed E-state index contributed by atoms with van der Waals surface area (Å²) in [6.07, 6.45) is 7.91. The summed E-state index contributed by atoms with van der Waals surface area (Å²) in [5.74, 6) is 2.33. The van der Waals surface area contributed by atoms with Gasteiger partial charge in [0.1, 0.15) is 5.82 Å². The van der Waals surface area contributed by atoms with Crippen LogP contribution in [0.1, 0.15) is 49.3 Å². The number of nitrogens with zero attached hydrogens (tertiary/aromatic N) is 5. The topological polar surface area (TPSA) is 64.0 Å². The zero-order valence-electron chi connectivity index (χ0n) is 12.4. The SMILES string of the molecule is c1cnc(C2CCCN2c2nc(C3CCOCC3)ns2)nc1. The van der Waals surface area contributed by atoms with E-state index in [1.165, 1.54) is 11.5 Å². The quantitative estimate of drug-likeness (QED) is 0.867. The van der Waals surface area contributed by atoms with Gasteiger partial charge in [0.2, 0.25) is 5.13 Å². The molecule has 2 aromatic rings. The summed E-state index contributed by atoms with van der Waals surface area (Å²) in [6.45, 7) is 2.65. The lowest BCUT2D eigenvalue weighted by atomic mass is 10.00. The fourth-order valence-electron chi connectivity index (χ4n) is 3.21. The number of hydrogen-bond acceptors (Lipinski definition) is 7. The van der Waals surface area contributed by atoms with Crippen LogP contribution in [-0.2, 0) is 4.74 Å². The van der Waals surface area contributed by atoms with Gasteiger partial charge in [-0.05, 0) is 31.7 Å². The van der Waals surface area contributed by atoms with Crippen LogP contribution in [0.25, 0.3) is 0 Å². The van der Waals surface area contributed by atoms with E-state index in [1.807, 2.05) is 18.5 Å². The van der Waals surface area contributed by atoms with Gasteiger partial charge in [0, 0.05) is 49.6 Å². The number of ether oxygens (including phenoxy) is 1. The van der Waals surface area contributed by atoms with E-state index in [1.54, 1.807) is 0 Å². The smallest absolute Gasteiger partial charge is 0.205 e. The predicted octanol–water partition coefficient (Wildman–Crippen LogP) is 2.56. The largest absolute Gasteiger partial charge is 0.381 e. The van der Waals surface area contributed by atoms with E-state index in [4.69, 9.17) is 9.72 Å². The third-order valence-corrected chi connectivity index (χ3v) is 5.17. The van der Waals surface area contributed by atoms with Gasteiger partial charge in [0.05, 0.1) is 6.04 Å². The van der Waals surface area contributed by atoms with Crippen molar-refractivity contribution in [2.45, 2.75) is 37.6 Å². The minimum absolute atomic E-state index is 0.233. The maximum atomic E-state index is 5.42. The van der Waals surface area contributed by atoms with Gasteiger partial charge in [-0.2, -0.15) is 4.37 Å². The van der Waals surface area contributed by atoms with Crippen LogP contribution in [0.5, 0.6) is 0 Å². The second-order valence-electron chi connectivity index (χ2n) is 5.78. The highest BCUT2D eigenvalue weighted by atomic mass is 32.1. The van der Waals surface area contributed by atoms with E-state index in [0.717, 1.165) is 62.2 Å². The third kappa shape index (κ3) is 2.70. The number of aromatic nitrogens is 4. The Labute approximate surface area is 133 Å². The number of hydrogen-bond donors (Lipinski definition) is 0. The van der Waals surface area contributed by atoms with Gasteiger partial charge >= 0.3 is 0 Å². The molecule has 116 valence electrons. The predicted molar refractivity (Wildman–Crippen MR) is 84.1 cm³/mol. The molecule has 1 unspecified atom stereocenters. The molecule has 0 amide bonds. The van der Waals surface area contributed by atoms with Crippen molar-refractivity contribution in [3.8, 4) is 0 Å². The van der Waals surface area contributed by atoms with Crippen LogP contribution in [0, 0.1) is 0 Å². The van der Waals surface area contributed by atoms with Crippen LogP contribution < -0.4 is 4.90 Å². The maximum Gasteiger partial charge on any atom is 0.205 e. The van der Waals surface area contributed by atoms with Gasteiger partial charge in [0.25, 0.3) is 0 Å². The molecule has 4 heterocycles. The second-order valence-corrected chi connectivity index (χ2v) is 6.51.